The number of carbonyl (C=O) groups excluding carboxylic acids is 1. The SMILES string of the molecule is CCC(/C=C/[C@@H](C)[C@H]1CCC2[C@@H]3CC[C@H]4[C@@H](COC(C)=O)CC[C@]4(C)C3CC[C@@]21C)C(C)C. The summed E-state index contributed by atoms with van der Waals surface area (Å²) in [4.78, 5) is 11.4. The van der Waals surface area contributed by atoms with Gasteiger partial charge in [-0.25, -0.2) is 0 Å². The molecule has 0 aromatic rings. The summed E-state index contributed by atoms with van der Waals surface area (Å²) in [5.74, 6) is 7.04. The molecule has 10 atom stereocenters. The number of allylic oxidation sites excluding steroid dienone is 2. The summed E-state index contributed by atoms with van der Waals surface area (Å²) in [7, 11) is 0. The van der Waals surface area contributed by atoms with Crippen LogP contribution < -0.4 is 0 Å². The third-order valence-corrected chi connectivity index (χ3v) is 11.8. The van der Waals surface area contributed by atoms with Crippen molar-refractivity contribution >= 4 is 5.97 Å². The van der Waals surface area contributed by atoms with Gasteiger partial charge >= 0.3 is 5.97 Å². The van der Waals surface area contributed by atoms with Crippen LogP contribution in [-0.4, -0.2) is 12.6 Å². The van der Waals surface area contributed by atoms with E-state index in [0.29, 0.717) is 29.3 Å². The van der Waals surface area contributed by atoms with E-state index in [4.69, 9.17) is 4.74 Å². The van der Waals surface area contributed by atoms with E-state index in [9.17, 15) is 4.79 Å². The maximum atomic E-state index is 11.4. The highest BCUT2D eigenvalue weighted by Gasteiger charge is 2.62. The first-order valence-electron chi connectivity index (χ1n) is 14.4. The van der Waals surface area contributed by atoms with E-state index in [1.807, 2.05) is 0 Å². The third-order valence-electron chi connectivity index (χ3n) is 11.8. The molecule has 0 saturated heterocycles. The summed E-state index contributed by atoms with van der Waals surface area (Å²) in [5, 5.41) is 0. The normalized spacial score (nSPS) is 44.4. The van der Waals surface area contributed by atoms with Crippen molar-refractivity contribution in [2.24, 2.45) is 64.1 Å². The van der Waals surface area contributed by atoms with E-state index in [0.717, 1.165) is 41.4 Å². The van der Waals surface area contributed by atoms with Gasteiger partial charge in [0, 0.05) is 6.92 Å². The Morgan fingerprint density at radius 3 is 2.24 bits per heavy atom. The van der Waals surface area contributed by atoms with Crippen LogP contribution in [0.4, 0.5) is 0 Å². The predicted molar refractivity (Wildman–Crippen MR) is 138 cm³/mol. The molecule has 2 nitrogen and oxygen atoms in total. The van der Waals surface area contributed by atoms with Crippen molar-refractivity contribution in [1.82, 2.24) is 0 Å². The summed E-state index contributed by atoms with van der Waals surface area (Å²) < 4.78 is 5.50. The fourth-order valence-electron chi connectivity index (χ4n) is 9.94. The Bertz CT molecular complexity index is 724. The van der Waals surface area contributed by atoms with E-state index < -0.39 is 0 Å². The Balaban J connectivity index is 1.46. The van der Waals surface area contributed by atoms with Gasteiger partial charge in [0.25, 0.3) is 0 Å². The first-order chi connectivity index (χ1) is 15.6. The summed E-state index contributed by atoms with van der Waals surface area (Å²) >= 11 is 0. The van der Waals surface area contributed by atoms with Crippen LogP contribution in [0, 0.1) is 64.1 Å². The Labute approximate surface area is 204 Å². The Morgan fingerprint density at radius 2 is 1.58 bits per heavy atom. The largest absolute Gasteiger partial charge is 0.466 e. The van der Waals surface area contributed by atoms with E-state index in [2.05, 4.69) is 53.7 Å². The minimum atomic E-state index is -0.107. The lowest BCUT2D eigenvalue weighted by Gasteiger charge is -2.58. The van der Waals surface area contributed by atoms with Gasteiger partial charge in [-0.15, -0.1) is 0 Å². The van der Waals surface area contributed by atoms with Crippen LogP contribution in [0.25, 0.3) is 0 Å². The molecular weight excluding hydrogens is 404 g/mol. The maximum absolute atomic E-state index is 11.4. The average Bonchev–Trinajstić information content (AvgIpc) is 3.29. The summed E-state index contributed by atoms with van der Waals surface area (Å²) in [6, 6.07) is 0. The summed E-state index contributed by atoms with van der Waals surface area (Å²) in [5.41, 5.74) is 1.01. The second-order valence-corrected chi connectivity index (χ2v) is 13.5. The second kappa shape index (κ2) is 9.69. The number of rotatable bonds is 7. The molecule has 0 aromatic heterocycles. The number of carbonyl (C=O) groups is 1. The second-order valence-electron chi connectivity index (χ2n) is 13.5. The Hall–Kier alpha value is -0.790. The van der Waals surface area contributed by atoms with Crippen LogP contribution in [0.15, 0.2) is 12.2 Å². The van der Waals surface area contributed by atoms with Crippen molar-refractivity contribution < 1.29 is 9.53 Å². The molecule has 0 N–H and O–H groups in total. The highest BCUT2D eigenvalue weighted by atomic mass is 16.5. The van der Waals surface area contributed by atoms with Gasteiger partial charge in [0.15, 0.2) is 0 Å². The lowest BCUT2D eigenvalue weighted by atomic mass is 9.47. The van der Waals surface area contributed by atoms with E-state index in [1.165, 1.54) is 57.8 Å². The van der Waals surface area contributed by atoms with E-state index in [1.54, 1.807) is 6.92 Å². The molecule has 3 unspecified atom stereocenters. The number of hydrogen-bond acceptors (Lipinski definition) is 2. The summed E-state index contributed by atoms with van der Waals surface area (Å²) in [6.45, 7) is 17.1. The summed E-state index contributed by atoms with van der Waals surface area (Å²) in [6.07, 6.45) is 17.6. The monoisotopic (exact) mass is 456 g/mol. The van der Waals surface area contributed by atoms with Crippen LogP contribution in [0.5, 0.6) is 0 Å². The molecule has 0 bridgehead atoms. The van der Waals surface area contributed by atoms with Crippen LogP contribution in [-0.2, 0) is 9.53 Å². The zero-order valence-corrected chi connectivity index (χ0v) is 22.7. The first kappa shape index (κ1) is 25.3. The van der Waals surface area contributed by atoms with Gasteiger partial charge < -0.3 is 4.74 Å². The molecule has 0 spiro atoms. The van der Waals surface area contributed by atoms with Crippen LogP contribution in [0.2, 0.25) is 0 Å². The molecule has 0 aromatic carbocycles. The number of fused-ring (bicyclic) bond motifs is 5. The Kier molecular flexibility index (Phi) is 7.43. The molecule has 4 rings (SSSR count). The molecular formula is C31H52O2. The number of esters is 1. The number of hydrogen-bond donors (Lipinski definition) is 0. The van der Waals surface area contributed by atoms with Gasteiger partial charge in [-0.1, -0.05) is 53.7 Å². The van der Waals surface area contributed by atoms with Crippen molar-refractivity contribution in [3.05, 3.63) is 12.2 Å². The maximum Gasteiger partial charge on any atom is 0.302 e. The van der Waals surface area contributed by atoms with Crippen molar-refractivity contribution in [2.75, 3.05) is 6.61 Å². The molecule has 4 fully saturated rings. The van der Waals surface area contributed by atoms with E-state index >= 15 is 0 Å². The molecule has 188 valence electrons. The zero-order valence-electron chi connectivity index (χ0n) is 22.7. The average molecular weight is 457 g/mol. The quantitative estimate of drug-likeness (QED) is 0.284. The molecule has 4 aliphatic rings. The highest BCUT2D eigenvalue weighted by Crippen LogP contribution is 2.69. The minimum Gasteiger partial charge on any atom is -0.466 e. The van der Waals surface area contributed by atoms with Crippen molar-refractivity contribution in [2.45, 2.75) is 106 Å². The van der Waals surface area contributed by atoms with Crippen LogP contribution in [0.3, 0.4) is 0 Å². The van der Waals surface area contributed by atoms with Crippen molar-refractivity contribution in [1.29, 1.82) is 0 Å². The van der Waals surface area contributed by atoms with Gasteiger partial charge in [-0.05, 0) is 122 Å². The molecule has 4 aliphatic carbocycles. The molecule has 0 amide bonds. The minimum absolute atomic E-state index is 0.107. The fraction of sp³-hybridized carbons (Fsp3) is 0.903. The van der Waals surface area contributed by atoms with Crippen LogP contribution >= 0.6 is 0 Å². The van der Waals surface area contributed by atoms with Gasteiger partial charge in [0.2, 0.25) is 0 Å². The number of ether oxygens (including phenoxy) is 1. The molecule has 33 heavy (non-hydrogen) atoms. The zero-order chi connectivity index (χ0) is 24.0. The first-order valence-corrected chi connectivity index (χ1v) is 14.4. The third kappa shape index (κ3) is 4.47. The van der Waals surface area contributed by atoms with Crippen molar-refractivity contribution in [3.8, 4) is 0 Å². The van der Waals surface area contributed by atoms with Crippen molar-refractivity contribution in [3.63, 3.8) is 0 Å². The van der Waals surface area contributed by atoms with Gasteiger partial charge in [-0.3, -0.25) is 4.79 Å². The molecule has 4 saturated carbocycles. The van der Waals surface area contributed by atoms with Gasteiger partial charge in [-0.2, -0.15) is 0 Å². The van der Waals surface area contributed by atoms with E-state index in [-0.39, 0.29) is 5.97 Å². The van der Waals surface area contributed by atoms with Gasteiger partial charge in [0.1, 0.15) is 0 Å². The fourth-order valence-corrected chi connectivity index (χ4v) is 9.94. The Morgan fingerprint density at radius 1 is 0.909 bits per heavy atom. The predicted octanol–water partition coefficient (Wildman–Crippen LogP) is 8.31. The molecule has 0 aliphatic heterocycles. The van der Waals surface area contributed by atoms with Crippen LogP contribution in [0.1, 0.15) is 106 Å². The van der Waals surface area contributed by atoms with Gasteiger partial charge in [0.05, 0.1) is 6.61 Å². The highest BCUT2D eigenvalue weighted by molar-refractivity contribution is 5.65. The smallest absolute Gasteiger partial charge is 0.302 e. The lowest BCUT2D eigenvalue weighted by molar-refractivity contribution is -0.144. The topological polar surface area (TPSA) is 26.3 Å². The molecule has 0 radical (unpaired) electrons. The molecule has 2 heteroatoms. The standard InChI is InChI=1S/C31H52O2/c1-8-23(20(2)3)10-9-21(4)26-13-14-28-25-11-12-27-24(19-33-22(5)32)15-17-31(27,7)29(25)16-18-30(26,28)6/h9-10,20-21,23-29H,8,11-19H2,1-7H3/b10-9+/t21-,23?,24-,25+,26-,27+,28?,29?,30-,31+/m1/s1. The lowest BCUT2D eigenvalue weighted by Crippen LogP contribution is -2.51. The molecule has 0 heterocycles.